The molecular formula is C19H25F2N5O2. The van der Waals surface area contributed by atoms with Crippen LogP contribution in [0.3, 0.4) is 0 Å². The van der Waals surface area contributed by atoms with Crippen molar-refractivity contribution in [2.75, 3.05) is 19.6 Å². The second-order valence-corrected chi connectivity index (χ2v) is 7.32. The molecule has 3 amide bonds. The first-order chi connectivity index (χ1) is 13.3. The van der Waals surface area contributed by atoms with E-state index in [2.05, 4.69) is 25.8 Å². The third kappa shape index (κ3) is 4.23. The van der Waals surface area contributed by atoms with Crippen LogP contribution in [0, 0.1) is 17.6 Å². The lowest BCUT2D eigenvalue weighted by Gasteiger charge is -2.39. The van der Waals surface area contributed by atoms with Crippen LogP contribution in [0.2, 0.25) is 0 Å². The van der Waals surface area contributed by atoms with E-state index in [0.717, 1.165) is 6.07 Å². The molecule has 3 N–H and O–H groups in total. The maximum Gasteiger partial charge on any atom is 0.322 e. The number of carbonyl (C=O) groups is 2. The number of nitrogens with one attached hydrogen (secondary N) is 3. The van der Waals surface area contributed by atoms with Crippen LogP contribution in [0.15, 0.2) is 23.2 Å². The number of imide groups is 1. The molecule has 0 bridgehead atoms. The average molecular weight is 393 g/mol. The highest BCUT2D eigenvalue weighted by Gasteiger charge is 2.48. The van der Waals surface area contributed by atoms with Gasteiger partial charge in [0.2, 0.25) is 0 Å². The van der Waals surface area contributed by atoms with E-state index in [1.165, 1.54) is 12.1 Å². The number of likely N-dealkylation sites (tertiary alicyclic amines) is 1. The number of piperidine rings is 1. The van der Waals surface area contributed by atoms with Crippen molar-refractivity contribution in [3.63, 3.8) is 0 Å². The van der Waals surface area contributed by atoms with Gasteiger partial charge >= 0.3 is 6.03 Å². The van der Waals surface area contributed by atoms with Crippen LogP contribution in [0.4, 0.5) is 13.6 Å². The molecular weight excluding hydrogens is 368 g/mol. The minimum Gasteiger partial charge on any atom is -0.357 e. The fourth-order valence-electron chi connectivity index (χ4n) is 3.81. The molecule has 0 aromatic heterocycles. The van der Waals surface area contributed by atoms with Gasteiger partial charge in [0.15, 0.2) is 5.96 Å². The standard InChI is InChI=1S/C19H25F2N5O2/c1-3-22-17(23-11-12-8-14(20)10-15(21)9-12)26-6-4-13(5-7-26)19(2)16(27)24-18(28)25-19/h8-10,13H,3-7,11H2,1-2H3,(H,22,23)(H2,24,25,27,28). The Balaban J connectivity index is 1.66. The fraction of sp³-hybridized carbons (Fsp3) is 0.526. The van der Waals surface area contributed by atoms with Gasteiger partial charge in [0.1, 0.15) is 17.2 Å². The van der Waals surface area contributed by atoms with Crippen molar-refractivity contribution >= 4 is 17.9 Å². The highest BCUT2D eigenvalue weighted by atomic mass is 19.1. The Morgan fingerprint density at radius 1 is 1.25 bits per heavy atom. The maximum absolute atomic E-state index is 13.4. The molecule has 2 heterocycles. The molecule has 7 nitrogen and oxygen atoms in total. The number of aliphatic imine (C=N–C) groups is 1. The molecule has 9 heteroatoms. The van der Waals surface area contributed by atoms with Crippen LogP contribution >= 0.6 is 0 Å². The summed E-state index contributed by atoms with van der Waals surface area (Å²) in [5, 5.41) is 8.25. The van der Waals surface area contributed by atoms with E-state index >= 15 is 0 Å². The van der Waals surface area contributed by atoms with Gasteiger partial charge < -0.3 is 15.5 Å². The van der Waals surface area contributed by atoms with Crippen molar-refractivity contribution in [2.45, 2.75) is 38.8 Å². The van der Waals surface area contributed by atoms with Crippen molar-refractivity contribution in [2.24, 2.45) is 10.9 Å². The van der Waals surface area contributed by atoms with Gasteiger partial charge in [-0.15, -0.1) is 0 Å². The van der Waals surface area contributed by atoms with Crippen molar-refractivity contribution in [1.29, 1.82) is 0 Å². The van der Waals surface area contributed by atoms with E-state index in [1.54, 1.807) is 6.92 Å². The number of benzene rings is 1. The van der Waals surface area contributed by atoms with Gasteiger partial charge in [-0.3, -0.25) is 10.1 Å². The van der Waals surface area contributed by atoms with Crippen molar-refractivity contribution in [3.8, 4) is 0 Å². The molecule has 0 aliphatic carbocycles. The van der Waals surface area contributed by atoms with Crippen molar-refractivity contribution < 1.29 is 18.4 Å². The largest absolute Gasteiger partial charge is 0.357 e. The average Bonchev–Trinajstić information content (AvgIpc) is 2.91. The third-order valence-electron chi connectivity index (χ3n) is 5.35. The lowest BCUT2D eigenvalue weighted by Crippen LogP contribution is -2.55. The lowest BCUT2D eigenvalue weighted by molar-refractivity contribution is -0.125. The van der Waals surface area contributed by atoms with E-state index in [0.29, 0.717) is 44.0 Å². The number of amides is 3. The van der Waals surface area contributed by atoms with Crippen molar-refractivity contribution in [3.05, 3.63) is 35.4 Å². The lowest BCUT2D eigenvalue weighted by atomic mass is 9.79. The molecule has 2 saturated heterocycles. The number of hydrogen-bond acceptors (Lipinski definition) is 3. The van der Waals surface area contributed by atoms with Gasteiger partial charge in [-0.1, -0.05) is 0 Å². The Kier molecular flexibility index (Phi) is 5.81. The summed E-state index contributed by atoms with van der Waals surface area (Å²) in [4.78, 5) is 30.2. The van der Waals surface area contributed by atoms with Gasteiger partial charge in [0.05, 0.1) is 6.54 Å². The molecule has 152 valence electrons. The predicted molar refractivity (Wildman–Crippen MR) is 101 cm³/mol. The zero-order chi connectivity index (χ0) is 20.3. The quantitative estimate of drug-likeness (QED) is 0.413. The summed E-state index contributed by atoms with van der Waals surface area (Å²) >= 11 is 0. The molecule has 2 fully saturated rings. The van der Waals surface area contributed by atoms with Crippen molar-refractivity contribution in [1.82, 2.24) is 20.9 Å². The van der Waals surface area contributed by atoms with Gasteiger partial charge in [0.25, 0.3) is 5.91 Å². The Labute approximate surface area is 162 Å². The second-order valence-electron chi connectivity index (χ2n) is 7.32. The minimum atomic E-state index is -0.891. The fourth-order valence-corrected chi connectivity index (χ4v) is 3.81. The Hall–Kier alpha value is -2.71. The van der Waals surface area contributed by atoms with Crippen LogP contribution in [0.5, 0.6) is 0 Å². The normalized spacial score (nSPS) is 23.6. The van der Waals surface area contributed by atoms with Crippen LogP contribution in [0.25, 0.3) is 0 Å². The van der Waals surface area contributed by atoms with Crippen LogP contribution in [0.1, 0.15) is 32.3 Å². The van der Waals surface area contributed by atoms with Crippen LogP contribution < -0.4 is 16.0 Å². The van der Waals surface area contributed by atoms with Gasteiger partial charge in [-0.2, -0.15) is 0 Å². The van der Waals surface area contributed by atoms with E-state index < -0.39 is 23.2 Å². The highest BCUT2D eigenvalue weighted by molar-refractivity contribution is 6.07. The summed E-state index contributed by atoms with van der Waals surface area (Å²) in [6, 6.07) is 2.92. The summed E-state index contributed by atoms with van der Waals surface area (Å²) in [5.41, 5.74) is -0.432. The molecule has 1 aromatic rings. The molecule has 0 spiro atoms. The summed E-state index contributed by atoms with van der Waals surface area (Å²) < 4.78 is 26.7. The second kappa shape index (κ2) is 8.12. The number of hydrogen-bond donors (Lipinski definition) is 3. The first kappa shape index (κ1) is 20.0. The monoisotopic (exact) mass is 393 g/mol. The number of rotatable bonds is 4. The summed E-state index contributed by atoms with van der Waals surface area (Å²) in [6.45, 7) is 5.84. The molecule has 2 aliphatic rings. The molecule has 3 rings (SSSR count). The molecule has 2 aliphatic heterocycles. The molecule has 28 heavy (non-hydrogen) atoms. The molecule has 0 radical (unpaired) electrons. The number of carbonyl (C=O) groups excluding carboxylic acids is 2. The van der Waals surface area contributed by atoms with E-state index in [1.807, 2.05) is 6.92 Å². The number of urea groups is 1. The van der Waals surface area contributed by atoms with Crippen LogP contribution in [-0.4, -0.2) is 48.0 Å². The Bertz CT molecular complexity index is 772. The summed E-state index contributed by atoms with van der Waals surface area (Å²) in [6.07, 6.45) is 1.42. The smallest absolute Gasteiger partial charge is 0.322 e. The Morgan fingerprint density at radius 2 is 1.89 bits per heavy atom. The van der Waals surface area contributed by atoms with E-state index in [4.69, 9.17) is 0 Å². The molecule has 1 atom stereocenters. The SMILES string of the molecule is CCNC(=NCc1cc(F)cc(F)c1)N1CCC(C2(C)NC(=O)NC2=O)CC1. The van der Waals surface area contributed by atoms with Crippen LogP contribution in [-0.2, 0) is 11.3 Å². The minimum absolute atomic E-state index is 0.0235. The third-order valence-corrected chi connectivity index (χ3v) is 5.35. The first-order valence-electron chi connectivity index (χ1n) is 9.43. The predicted octanol–water partition coefficient (Wildman–Crippen LogP) is 1.74. The number of nitrogens with zero attached hydrogens (tertiary/aromatic N) is 2. The Morgan fingerprint density at radius 3 is 2.43 bits per heavy atom. The van der Waals surface area contributed by atoms with E-state index in [-0.39, 0.29) is 18.4 Å². The van der Waals surface area contributed by atoms with Gasteiger partial charge in [-0.25, -0.2) is 18.6 Å². The maximum atomic E-state index is 13.4. The molecule has 0 saturated carbocycles. The first-order valence-corrected chi connectivity index (χ1v) is 9.43. The summed E-state index contributed by atoms with van der Waals surface area (Å²) in [5.74, 6) is -0.849. The zero-order valence-corrected chi connectivity index (χ0v) is 16.0. The highest BCUT2D eigenvalue weighted by Crippen LogP contribution is 2.30. The topological polar surface area (TPSA) is 85.8 Å². The van der Waals surface area contributed by atoms with E-state index in [9.17, 15) is 18.4 Å². The number of halogens is 2. The zero-order valence-electron chi connectivity index (χ0n) is 16.0. The number of guanidine groups is 1. The van der Waals surface area contributed by atoms with Gasteiger partial charge in [0, 0.05) is 25.7 Å². The molecule has 1 aromatic carbocycles. The molecule has 1 unspecified atom stereocenters. The summed E-state index contributed by atoms with van der Waals surface area (Å²) in [7, 11) is 0. The van der Waals surface area contributed by atoms with Gasteiger partial charge in [-0.05, 0) is 50.3 Å².